The van der Waals surface area contributed by atoms with Crippen molar-refractivity contribution in [3.8, 4) is 0 Å². The quantitative estimate of drug-likeness (QED) is 0.908. The van der Waals surface area contributed by atoms with Gasteiger partial charge in [0.15, 0.2) is 0 Å². The standard InChI is InChI=1S/C16H26N4/c1-13(2)20-10-8-14(18-20)12-19-9-6-7-15(19)11-17-16(3,4)5/h6-10,13,17H,11-12H2,1-5H3. The first kappa shape index (κ1) is 14.9. The number of hydrogen-bond donors (Lipinski definition) is 1. The van der Waals surface area contributed by atoms with Crippen molar-refractivity contribution in [1.29, 1.82) is 0 Å². The van der Waals surface area contributed by atoms with E-state index in [0.29, 0.717) is 6.04 Å². The molecule has 0 bridgehead atoms. The molecule has 0 radical (unpaired) electrons. The summed E-state index contributed by atoms with van der Waals surface area (Å²) in [5, 5.41) is 8.14. The minimum absolute atomic E-state index is 0.133. The predicted molar refractivity (Wildman–Crippen MR) is 82.7 cm³/mol. The Bertz CT molecular complexity index is 543. The highest BCUT2D eigenvalue weighted by atomic mass is 15.3. The monoisotopic (exact) mass is 274 g/mol. The summed E-state index contributed by atoms with van der Waals surface area (Å²) in [6, 6.07) is 6.77. The van der Waals surface area contributed by atoms with Crippen LogP contribution >= 0.6 is 0 Å². The Morgan fingerprint density at radius 1 is 1.20 bits per heavy atom. The zero-order chi connectivity index (χ0) is 14.8. The number of rotatable bonds is 5. The van der Waals surface area contributed by atoms with Crippen LogP contribution in [0.4, 0.5) is 0 Å². The van der Waals surface area contributed by atoms with Gasteiger partial charge < -0.3 is 9.88 Å². The van der Waals surface area contributed by atoms with Crippen LogP contribution in [-0.2, 0) is 13.1 Å². The molecule has 0 fully saturated rings. The molecule has 0 aliphatic rings. The summed E-state index contributed by atoms with van der Waals surface area (Å²) >= 11 is 0. The van der Waals surface area contributed by atoms with Gasteiger partial charge in [-0.05, 0) is 52.8 Å². The maximum Gasteiger partial charge on any atom is 0.0821 e. The van der Waals surface area contributed by atoms with Crippen molar-refractivity contribution in [2.75, 3.05) is 0 Å². The third-order valence-corrected chi connectivity index (χ3v) is 3.25. The van der Waals surface area contributed by atoms with Crippen LogP contribution in [0.3, 0.4) is 0 Å². The molecule has 2 heterocycles. The van der Waals surface area contributed by atoms with Gasteiger partial charge in [0.1, 0.15) is 0 Å². The largest absolute Gasteiger partial charge is 0.344 e. The van der Waals surface area contributed by atoms with Crippen molar-refractivity contribution in [1.82, 2.24) is 19.7 Å². The molecule has 20 heavy (non-hydrogen) atoms. The lowest BCUT2D eigenvalue weighted by Crippen LogP contribution is -2.35. The molecule has 0 saturated heterocycles. The number of nitrogens with one attached hydrogen (secondary N) is 1. The number of aromatic nitrogens is 3. The molecule has 1 N–H and O–H groups in total. The first-order valence-electron chi connectivity index (χ1n) is 7.28. The van der Waals surface area contributed by atoms with Gasteiger partial charge >= 0.3 is 0 Å². The van der Waals surface area contributed by atoms with Crippen LogP contribution in [-0.4, -0.2) is 19.9 Å². The van der Waals surface area contributed by atoms with Crippen LogP contribution in [0.15, 0.2) is 30.6 Å². The van der Waals surface area contributed by atoms with Crippen LogP contribution in [0.2, 0.25) is 0 Å². The lowest BCUT2D eigenvalue weighted by atomic mass is 10.1. The molecule has 2 aromatic heterocycles. The topological polar surface area (TPSA) is 34.8 Å². The highest BCUT2D eigenvalue weighted by Crippen LogP contribution is 2.10. The zero-order valence-electron chi connectivity index (χ0n) is 13.2. The van der Waals surface area contributed by atoms with Crippen LogP contribution in [0.5, 0.6) is 0 Å². The van der Waals surface area contributed by atoms with Crippen LogP contribution in [0.1, 0.15) is 52.0 Å². The predicted octanol–water partition coefficient (Wildman–Crippen LogP) is 3.20. The molecule has 0 unspecified atom stereocenters. The summed E-state index contributed by atoms with van der Waals surface area (Å²) < 4.78 is 4.26. The van der Waals surface area contributed by atoms with Gasteiger partial charge in [-0.25, -0.2) is 0 Å². The maximum absolute atomic E-state index is 4.61. The van der Waals surface area contributed by atoms with Crippen LogP contribution in [0.25, 0.3) is 0 Å². The second-order valence-corrected chi connectivity index (χ2v) is 6.61. The van der Waals surface area contributed by atoms with Gasteiger partial charge in [0, 0.05) is 36.2 Å². The Hall–Kier alpha value is -1.55. The molecule has 0 saturated carbocycles. The molecule has 0 aliphatic heterocycles. The van der Waals surface area contributed by atoms with E-state index in [2.05, 4.69) is 80.2 Å². The van der Waals surface area contributed by atoms with E-state index in [4.69, 9.17) is 0 Å². The van der Waals surface area contributed by atoms with Gasteiger partial charge in [-0.15, -0.1) is 0 Å². The molecule has 110 valence electrons. The molecule has 2 aromatic rings. The van der Waals surface area contributed by atoms with Crippen molar-refractivity contribution in [2.24, 2.45) is 0 Å². The minimum atomic E-state index is 0.133. The van der Waals surface area contributed by atoms with Crippen molar-refractivity contribution in [3.63, 3.8) is 0 Å². The van der Waals surface area contributed by atoms with Crippen molar-refractivity contribution >= 4 is 0 Å². The molecule has 0 aromatic carbocycles. The van der Waals surface area contributed by atoms with Gasteiger partial charge in [-0.1, -0.05) is 0 Å². The summed E-state index contributed by atoms with van der Waals surface area (Å²) in [6.07, 6.45) is 4.17. The third-order valence-electron chi connectivity index (χ3n) is 3.25. The maximum atomic E-state index is 4.61. The number of nitrogens with zero attached hydrogens (tertiary/aromatic N) is 3. The van der Waals surface area contributed by atoms with E-state index in [1.54, 1.807) is 0 Å². The average Bonchev–Trinajstić information content (AvgIpc) is 2.95. The zero-order valence-corrected chi connectivity index (χ0v) is 13.2. The highest BCUT2D eigenvalue weighted by Gasteiger charge is 2.11. The Morgan fingerprint density at radius 2 is 1.95 bits per heavy atom. The molecule has 4 heteroatoms. The molecular weight excluding hydrogens is 248 g/mol. The second-order valence-electron chi connectivity index (χ2n) is 6.61. The van der Waals surface area contributed by atoms with Gasteiger partial charge in [-0.2, -0.15) is 5.10 Å². The van der Waals surface area contributed by atoms with Crippen molar-refractivity contribution in [3.05, 3.63) is 42.0 Å². The molecular formula is C16H26N4. The lowest BCUT2D eigenvalue weighted by molar-refractivity contribution is 0.416. The molecule has 4 nitrogen and oxygen atoms in total. The van der Waals surface area contributed by atoms with E-state index >= 15 is 0 Å². The summed E-state index contributed by atoms with van der Waals surface area (Å²) in [5.41, 5.74) is 2.53. The van der Waals surface area contributed by atoms with Crippen molar-refractivity contribution in [2.45, 2.75) is 59.3 Å². The normalized spacial score (nSPS) is 12.3. The fourth-order valence-electron chi connectivity index (χ4n) is 2.04. The lowest BCUT2D eigenvalue weighted by Gasteiger charge is -2.21. The smallest absolute Gasteiger partial charge is 0.0821 e. The fraction of sp³-hybridized carbons (Fsp3) is 0.562. The van der Waals surface area contributed by atoms with E-state index < -0.39 is 0 Å². The highest BCUT2D eigenvalue weighted by molar-refractivity contribution is 5.11. The first-order chi connectivity index (χ1) is 9.35. The van der Waals surface area contributed by atoms with Crippen molar-refractivity contribution < 1.29 is 0 Å². The van der Waals surface area contributed by atoms with E-state index in [9.17, 15) is 0 Å². The Balaban J connectivity index is 2.04. The van der Waals surface area contributed by atoms with E-state index in [-0.39, 0.29) is 5.54 Å². The summed E-state index contributed by atoms with van der Waals surface area (Å²) in [7, 11) is 0. The minimum Gasteiger partial charge on any atom is -0.344 e. The Kier molecular flexibility index (Phi) is 4.33. The fourth-order valence-corrected chi connectivity index (χ4v) is 2.04. The SMILES string of the molecule is CC(C)n1ccc(Cn2cccc2CNC(C)(C)C)n1. The van der Waals surface area contributed by atoms with Crippen LogP contribution in [0, 0.1) is 0 Å². The van der Waals surface area contributed by atoms with E-state index in [0.717, 1.165) is 18.8 Å². The first-order valence-corrected chi connectivity index (χ1v) is 7.28. The Morgan fingerprint density at radius 3 is 2.55 bits per heavy atom. The molecule has 0 atom stereocenters. The van der Waals surface area contributed by atoms with E-state index in [1.165, 1.54) is 5.69 Å². The number of hydrogen-bond acceptors (Lipinski definition) is 2. The summed E-state index contributed by atoms with van der Waals surface area (Å²) in [5.74, 6) is 0. The van der Waals surface area contributed by atoms with E-state index in [1.807, 2.05) is 4.68 Å². The average molecular weight is 274 g/mol. The van der Waals surface area contributed by atoms with Gasteiger partial charge in [0.25, 0.3) is 0 Å². The van der Waals surface area contributed by atoms with Gasteiger partial charge in [-0.3, -0.25) is 4.68 Å². The summed E-state index contributed by atoms with van der Waals surface area (Å²) in [4.78, 5) is 0. The third kappa shape index (κ3) is 3.97. The van der Waals surface area contributed by atoms with Gasteiger partial charge in [0.2, 0.25) is 0 Å². The Labute approximate surface area is 121 Å². The van der Waals surface area contributed by atoms with Gasteiger partial charge in [0.05, 0.1) is 12.2 Å². The molecule has 0 spiro atoms. The summed E-state index contributed by atoms with van der Waals surface area (Å²) in [6.45, 7) is 12.5. The molecule has 0 aliphatic carbocycles. The second kappa shape index (κ2) is 5.83. The molecule has 2 rings (SSSR count). The molecule has 0 amide bonds. The van der Waals surface area contributed by atoms with Crippen LogP contribution < -0.4 is 5.32 Å².